The smallest absolute Gasteiger partial charge is 0.275 e. The van der Waals surface area contributed by atoms with Crippen LogP contribution >= 0.6 is 0 Å². The van der Waals surface area contributed by atoms with Gasteiger partial charge < -0.3 is 9.67 Å². The van der Waals surface area contributed by atoms with E-state index < -0.39 is 0 Å². The van der Waals surface area contributed by atoms with E-state index >= 15 is 0 Å². The van der Waals surface area contributed by atoms with Gasteiger partial charge in [0.2, 0.25) is 0 Å². The zero-order valence-corrected chi connectivity index (χ0v) is 13.1. The second-order valence-corrected chi connectivity index (χ2v) is 5.41. The number of nitrogens with zero attached hydrogens (tertiary/aromatic N) is 3. The molecule has 116 valence electrons. The summed E-state index contributed by atoms with van der Waals surface area (Å²) in [7, 11) is 1.57. The fraction of sp³-hybridized carbons (Fsp3) is 0.600. The number of unbranched alkanes of at least 4 members (excludes halogenated alkanes) is 1. The fourth-order valence-corrected chi connectivity index (χ4v) is 2.94. The number of fused-ring (bicyclic) bond motifs is 1. The van der Waals surface area contributed by atoms with Crippen molar-refractivity contribution in [2.24, 2.45) is 7.05 Å². The Morgan fingerprint density at radius 3 is 2.10 bits per heavy atom. The molecule has 2 aromatic heterocycles. The molecule has 0 atom stereocenters. The molecule has 0 aliphatic heterocycles. The Balaban J connectivity index is 2.87. The molecule has 0 radical (unpaired) electrons. The maximum absolute atomic E-state index is 12.6. The summed E-state index contributed by atoms with van der Waals surface area (Å²) in [5, 5.41) is 10.1. The van der Waals surface area contributed by atoms with Crippen molar-refractivity contribution in [3.05, 3.63) is 32.1 Å². The first-order valence-corrected chi connectivity index (χ1v) is 7.36. The van der Waals surface area contributed by atoms with Gasteiger partial charge in [0.15, 0.2) is 0 Å². The van der Waals surface area contributed by atoms with Crippen molar-refractivity contribution in [2.45, 2.75) is 46.7 Å². The minimum atomic E-state index is -0.211. The first kappa shape index (κ1) is 15.6. The number of aromatic nitrogens is 3. The molecule has 0 amide bonds. The van der Waals surface area contributed by atoms with Crippen LogP contribution in [0.15, 0.2) is 9.59 Å². The molecule has 2 aromatic rings. The molecule has 0 saturated heterocycles. The van der Waals surface area contributed by atoms with E-state index in [1.165, 1.54) is 9.36 Å². The maximum atomic E-state index is 12.6. The van der Waals surface area contributed by atoms with Crippen LogP contribution in [0.5, 0.6) is 0 Å². The van der Waals surface area contributed by atoms with Crippen molar-refractivity contribution in [2.75, 3.05) is 6.61 Å². The summed E-state index contributed by atoms with van der Waals surface area (Å²) in [6.45, 7) is 6.65. The van der Waals surface area contributed by atoms with Crippen molar-refractivity contribution in [1.29, 1.82) is 0 Å². The first-order chi connectivity index (χ1) is 9.95. The summed E-state index contributed by atoms with van der Waals surface area (Å²) >= 11 is 0. The quantitative estimate of drug-likeness (QED) is 0.891. The fourth-order valence-electron chi connectivity index (χ4n) is 2.94. The summed E-state index contributed by atoms with van der Waals surface area (Å²) in [4.78, 5) is 25.2. The summed E-state index contributed by atoms with van der Waals surface area (Å²) in [6, 6.07) is 0. The SMILES string of the molecule is CCCCn1c(C)c2c(=O)n(C)n(CCO)c(=O)c2c1C. The third-order valence-corrected chi connectivity index (χ3v) is 4.15. The highest BCUT2D eigenvalue weighted by Gasteiger charge is 2.20. The highest BCUT2D eigenvalue weighted by molar-refractivity contribution is 5.86. The van der Waals surface area contributed by atoms with Crippen LogP contribution in [0.1, 0.15) is 31.2 Å². The van der Waals surface area contributed by atoms with E-state index in [-0.39, 0.29) is 24.3 Å². The number of hydrogen-bond donors (Lipinski definition) is 1. The van der Waals surface area contributed by atoms with Gasteiger partial charge in [0.25, 0.3) is 11.1 Å². The highest BCUT2D eigenvalue weighted by atomic mass is 16.3. The van der Waals surface area contributed by atoms with Gasteiger partial charge in [0.1, 0.15) is 0 Å². The van der Waals surface area contributed by atoms with Gasteiger partial charge in [-0.2, -0.15) is 0 Å². The standard InChI is InChI=1S/C15H23N3O3/c1-5-6-7-17-10(2)12-13(11(17)3)15(21)18(8-9-19)16(4)14(12)20/h19H,5-9H2,1-4H3. The first-order valence-electron chi connectivity index (χ1n) is 7.36. The van der Waals surface area contributed by atoms with Crippen molar-refractivity contribution in [1.82, 2.24) is 13.9 Å². The molecule has 0 fully saturated rings. The molecule has 6 nitrogen and oxygen atoms in total. The lowest BCUT2D eigenvalue weighted by atomic mass is 10.2. The Morgan fingerprint density at radius 2 is 1.57 bits per heavy atom. The van der Waals surface area contributed by atoms with E-state index in [1.807, 2.05) is 13.8 Å². The van der Waals surface area contributed by atoms with E-state index in [2.05, 4.69) is 11.5 Å². The molecule has 0 unspecified atom stereocenters. The van der Waals surface area contributed by atoms with E-state index in [4.69, 9.17) is 5.11 Å². The lowest BCUT2D eigenvalue weighted by molar-refractivity contribution is 0.255. The average molecular weight is 293 g/mol. The highest BCUT2D eigenvalue weighted by Crippen LogP contribution is 2.20. The van der Waals surface area contributed by atoms with E-state index in [0.29, 0.717) is 10.8 Å². The monoisotopic (exact) mass is 293 g/mol. The molecule has 6 heteroatoms. The topological polar surface area (TPSA) is 69.2 Å². The van der Waals surface area contributed by atoms with Crippen LogP contribution in [0.2, 0.25) is 0 Å². The second-order valence-electron chi connectivity index (χ2n) is 5.41. The summed E-state index contributed by atoms with van der Waals surface area (Å²) in [5.74, 6) is 0. The zero-order chi connectivity index (χ0) is 15.7. The van der Waals surface area contributed by atoms with Crippen LogP contribution in [0.25, 0.3) is 10.8 Å². The molecule has 0 saturated carbocycles. The van der Waals surface area contributed by atoms with Crippen molar-refractivity contribution >= 4 is 10.8 Å². The van der Waals surface area contributed by atoms with E-state index in [9.17, 15) is 9.59 Å². The number of aliphatic hydroxyl groups excluding tert-OH is 1. The Labute approximate surface area is 123 Å². The summed E-state index contributed by atoms with van der Waals surface area (Å²) in [6.07, 6.45) is 2.06. The summed E-state index contributed by atoms with van der Waals surface area (Å²) in [5.41, 5.74) is 1.29. The summed E-state index contributed by atoms with van der Waals surface area (Å²) < 4.78 is 4.67. The molecular formula is C15H23N3O3. The Hall–Kier alpha value is -1.82. The van der Waals surface area contributed by atoms with Gasteiger partial charge in [-0.05, 0) is 20.3 Å². The number of hydrogen-bond acceptors (Lipinski definition) is 3. The van der Waals surface area contributed by atoms with Gasteiger partial charge >= 0.3 is 0 Å². The predicted octanol–water partition coefficient (Wildman–Crippen LogP) is 0.911. The molecule has 2 rings (SSSR count). The second kappa shape index (κ2) is 5.89. The van der Waals surface area contributed by atoms with Crippen LogP contribution < -0.4 is 11.1 Å². The minimum Gasteiger partial charge on any atom is -0.394 e. The van der Waals surface area contributed by atoms with Crippen LogP contribution in [0, 0.1) is 13.8 Å². The van der Waals surface area contributed by atoms with Crippen molar-refractivity contribution in [3.63, 3.8) is 0 Å². The molecule has 1 N–H and O–H groups in total. The molecular weight excluding hydrogens is 270 g/mol. The molecule has 0 aromatic carbocycles. The van der Waals surface area contributed by atoms with Crippen LogP contribution in [-0.4, -0.2) is 25.6 Å². The lowest BCUT2D eigenvalue weighted by Crippen LogP contribution is -2.37. The molecule has 0 bridgehead atoms. The Bertz CT molecular complexity index is 780. The minimum absolute atomic E-state index is 0.124. The van der Waals surface area contributed by atoms with Gasteiger partial charge in [-0.15, -0.1) is 0 Å². The van der Waals surface area contributed by atoms with Gasteiger partial charge in [-0.3, -0.25) is 14.3 Å². The molecule has 0 spiro atoms. The molecule has 21 heavy (non-hydrogen) atoms. The zero-order valence-electron chi connectivity index (χ0n) is 13.1. The van der Waals surface area contributed by atoms with Gasteiger partial charge in [-0.1, -0.05) is 13.3 Å². The normalized spacial score (nSPS) is 11.5. The van der Waals surface area contributed by atoms with Crippen molar-refractivity contribution < 1.29 is 5.11 Å². The van der Waals surface area contributed by atoms with Crippen molar-refractivity contribution in [3.8, 4) is 0 Å². The van der Waals surface area contributed by atoms with Gasteiger partial charge in [0, 0.05) is 25.0 Å². The maximum Gasteiger partial charge on any atom is 0.275 e. The lowest BCUT2D eigenvalue weighted by Gasteiger charge is -2.10. The third kappa shape index (κ3) is 2.33. The number of aliphatic hydroxyl groups is 1. The van der Waals surface area contributed by atoms with E-state index in [0.717, 1.165) is 30.8 Å². The Morgan fingerprint density at radius 1 is 1.00 bits per heavy atom. The number of rotatable bonds is 5. The predicted molar refractivity (Wildman–Crippen MR) is 82.9 cm³/mol. The largest absolute Gasteiger partial charge is 0.394 e. The third-order valence-electron chi connectivity index (χ3n) is 4.15. The average Bonchev–Trinajstić information content (AvgIpc) is 2.71. The Kier molecular flexibility index (Phi) is 4.37. The van der Waals surface area contributed by atoms with Crippen LogP contribution in [0.4, 0.5) is 0 Å². The van der Waals surface area contributed by atoms with Crippen LogP contribution in [0.3, 0.4) is 0 Å². The number of aryl methyl sites for hydroxylation is 2. The molecule has 2 heterocycles. The molecule has 0 aliphatic rings. The van der Waals surface area contributed by atoms with Crippen LogP contribution in [-0.2, 0) is 20.1 Å². The molecule has 0 aliphatic carbocycles. The van der Waals surface area contributed by atoms with Gasteiger partial charge in [0.05, 0.1) is 23.9 Å². The van der Waals surface area contributed by atoms with Gasteiger partial charge in [-0.25, -0.2) is 4.68 Å². The van der Waals surface area contributed by atoms with E-state index in [1.54, 1.807) is 7.05 Å².